The van der Waals surface area contributed by atoms with Gasteiger partial charge in [-0.15, -0.1) is 0 Å². The smallest absolute Gasteiger partial charge is 0.434 e. The Labute approximate surface area is 204 Å². The molecule has 35 heavy (non-hydrogen) atoms. The maximum absolute atomic E-state index is 12.7. The molecule has 2 aliphatic carbocycles. The first kappa shape index (κ1) is 24.4. The Morgan fingerprint density at radius 2 is 1.89 bits per heavy atom. The van der Waals surface area contributed by atoms with Crippen LogP contribution in [0.2, 0.25) is 5.82 Å². The predicted octanol–water partition coefficient (Wildman–Crippen LogP) is 1.04. The van der Waals surface area contributed by atoms with Crippen molar-refractivity contribution >= 4 is 18.6 Å². The summed E-state index contributed by atoms with van der Waals surface area (Å²) in [5.41, 5.74) is 6.05. The summed E-state index contributed by atoms with van der Waals surface area (Å²) in [6.07, 6.45) is 5.79. The van der Waals surface area contributed by atoms with Gasteiger partial charge in [0.15, 0.2) is 0 Å². The van der Waals surface area contributed by atoms with E-state index in [1.807, 2.05) is 0 Å². The Kier molecular flexibility index (Phi) is 6.69. The predicted molar refractivity (Wildman–Crippen MR) is 128 cm³/mol. The number of rotatable bonds is 8. The lowest BCUT2D eigenvalue weighted by atomic mass is 9.46. The van der Waals surface area contributed by atoms with Gasteiger partial charge in [0, 0.05) is 25.6 Å². The number of hydrogen-bond donors (Lipinski definition) is 5. The van der Waals surface area contributed by atoms with Crippen molar-refractivity contribution in [2.24, 2.45) is 11.7 Å². The average molecular weight is 488 g/mol. The number of hydrogen-bond acceptors (Lipinski definition) is 8. The second-order valence-corrected chi connectivity index (χ2v) is 10.6. The first-order chi connectivity index (χ1) is 16.8. The number of nitrogens with two attached hydrogens (primary N) is 1. The Morgan fingerprint density at radius 1 is 1.14 bits per heavy atom. The molecule has 11 heteroatoms. The first-order valence-electron chi connectivity index (χ1n) is 12.8. The van der Waals surface area contributed by atoms with E-state index >= 15 is 0 Å². The summed E-state index contributed by atoms with van der Waals surface area (Å²) in [7, 11) is 0. The van der Waals surface area contributed by atoms with E-state index in [-0.39, 0.29) is 35.0 Å². The third kappa shape index (κ3) is 4.74. The summed E-state index contributed by atoms with van der Waals surface area (Å²) in [6, 6.07) is 3.88. The average Bonchev–Trinajstić information content (AvgIpc) is 2.74. The van der Waals surface area contributed by atoms with E-state index in [0.29, 0.717) is 50.0 Å². The topological polar surface area (TPSA) is 155 Å². The Morgan fingerprint density at radius 3 is 2.51 bits per heavy atom. The van der Waals surface area contributed by atoms with Crippen LogP contribution in [-0.2, 0) is 4.79 Å². The zero-order valence-electron chi connectivity index (χ0n) is 19.9. The second-order valence-electron chi connectivity index (χ2n) is 10.6. The molecule has 1 saturated heterocycles. The number of aromatic carboxylic acids is 1. The van der Waals surface area contributed by atoms with Gasteiger partial charge in [0.2, 0.25) is 5.91 Å². The van der Waals surface area contributed by atoms with E-state index in [4.69, 9.17) is 15.1 Å². The van der Waals surface area contributed by atoms with Gasteiger partial charge in [0.1, 0.15) is 17.4 Å². The van der Waals surface area contributed by atoms with Gasteiger partial charge >= 0.3 is 12.7 Å². The third-order valence-electron chi connectivity index (χ3n) is 8.32. The number of carboxylic acid groups (broad SMARTS) is 1. The van der Waals surface area contributed by atoms with Crippen LogP contribution in [0.4, 0.5) is 0 Å². The fourth-order valence-electron chi connectivity index (χ4n) is 6.12. The van der Waals surface area contributed by atoms with E-state index in [2.05, 4.69) is 5.32 Å². The number of likely N-dealkylation sites (tertiary alicyclic amines) is 1. The van der Waals surface area contributed by atoms with Crippen LogP contribution in [0.5, 0.6) is 11.5 Å². The molecule has 2 saturated carbocycles. The minimum absolute atomic E-state index is 0.00948. The van der Waals surface area contributed by atoms with E-state index in [0.717, 1.165) is 38.6 Å². The highest BCUT2D eigenvalue weighted by Gasteiger charge is 2.50. The Bertz CT molecular complexity index is 976. The highest BCUT2D eigenvalue weighted by molar-refractivity contribution is 6.61. The quantitative estimate of drug-likeness (QED) is 0.338. The fourth-order valence-corrected chi connectivity index (χ4v) is 6.12. The molecule has 0 aromatic heterocycles. The zero-order chi connectivity index (χ0) is 24.7. The highest BCUT2D eigenvalue weighted by Crippen LogP contribution is 2.58. The van der Waals surface area contributed by atoms with Crippen molar-refractivity contribution in [3.05, 3.63) is 23.3 Å². The van der Waals surface area contributed by atoms with Gasteiger partial charge in [-0.05, 0) is 49.1 Å². The van der Waals surface area contributed by atoms with Crippen molar-refractivity contribution in [2.45, 2.75) is 68.8 Å². The van der Waals surface area contributed by atoms with E-state index in [1.165, 1.54) is 0 Å². The van der Waals surface area contributed by atoms with Crippen molar-refractivity contribution in [2.75, 3.05) is 26.2 Å². The molecule has 0 bridgehead atoms. The molecule has 4 aliphatic rings. The lowest BCUT2D eigenvalue weighted by Crippen LogP contribution is -2.57. The van der Waals surface area contributed by atoms with Crippen LogP contribution in [0.25, 0.3) is 0 Å². The second kappa shape index (κ2) is 9.61. The normalized spacial score (nSPS) is 29.2. The Balaban J connectivity index is 1.16. The number of carbonyl (C=O) groups excluding carboxylic acids is 1. The molecule has 5 rings (SSSR count). The number of amides is 1. The maximum atomic E-state index is 12.7. The lowest BCUT2D eigenvalue weighted by Gasteiger charge is -2.54. The molecule has 10 nitrogen and oxygen atoms in total. The SMILES string of the molecule is NCCN[C@H]1CC[C@H](CC(=O)N2CC(Oc3ccc4c(c3C(=O)O)O[B-](O)(O)[C@@H]3CC[C@H]43)C2)CC1. The number of nitrogens with one attached hydrogen (secondary N) is 1. The van der Waals surface area contributed by atoms with Crippen LogP contribution in [-0.4, -0.2) is 77.0 Å². The molecule has 2 atom stereocenters. The number of carboxylic acids is 1. The van der Waals surface area contributed by atoms with Crippen molar-refractivity contribution < 1.29 is 34.1 Å². The molecule has 0 spiro atoms. The van der Waals surface area contributed by atoms with Crippen LogP contribution in [0.15, 0.2) is 12.1 Å². The van der Waals surface area contributed by atoms with E-state index in [9.17, 15) is 24.7 Å². The van der Waals surface area contributed by atoms with Crippen molar-refractivity contribution in [1.82, 2.24) is 10.2 Å². The molecule has 1 amide bonds. The first-order valence-corrected chi connectivity index (χ1v) is 12.8. The molecular weight excluding hydrogens is 453 g/mol. The van der Waals surface area contributed by atoms with Crippen LogP contribution in [0.1, 0.15) is 66.8 Å². The molecule has 3 fully saturated rings. The van der Waals surface area contributed by atoms with Gasteiger partial charge in [-0.2, -0.15) is 0 Å². The van der Waals surface area contributed by atoms with Gasteiger partial charge < -0.3 is 40.5 Å². The van der Waals surface area contributed by atoms with Crippen LogP contribution in [0.3, 0.4) is 0 Å². The number of fused-ring (bicyclic) bond motifs is 3. The fraction of sp³-hybridized carbons (Fsp3) is 0.667. The molecule has 0 radical (unpaired) electrons. The standard InChI is InChI=1S/C24H35BN3O7/c26-9-10-27-15-3-1-14(2-4-15)11-21(29)28-12-16(13-28)34-20-8-6-18-17-5-7-19(17)25(32,33)35-23(18)22(20)24(30)31/h6,8,14-17,19,27,32-33H,1-5,7,9-13,26H2,(H,30,31)/q-1/t14-,15-,17-,19-/m1/s1. The largest absolute Gasteiger partial charge is 0.669 e. The summed E-state index contributed by atoms with van der Waals surface area (Å²) in [4.78, 5) is 26.6. The monoisotopic (exact) mass is 488 g/mol. The van der Waals surface area contributed by atoms with Gasteiger partial charge in [-0.1, -0.05) is 24.7 Å². The van der Waals surface area contributed by atoms with E-state index < -0.39 is 18.5 Å². The molecule has 2 heterocycles. The summed E-state index contributed by atoms with van der Waals surface area (Å²) in [6.45, 7) is -0.845. The lowest BCUT2D eigenvalue weighted by molar-refractivity contribution is -0.141. The number of nitrogens with zero attached hydrogens (tertiary/aromatic N) is 1. The molecule has 2 aliphatic heterocycles. The van der Waals surface area contributed by atoms with E-state index in [1.54, 1.807) is 17.0 Å². The van der Waals surface area contributed by atoms with Gasteiger partial charge in [-0.3, -0.25) is 4.79 Å². The minimum Gasteiger partial charge on any atom is -0.669 e. The molecular formula is C24H35BN3O7-. The molecule has 6 N–H and O–H groups in total. The molecule has 1 aromatic carbocycles. The number of ether oxygens (including phenoxy) is 1. The van der Waals surface area contributed by atoms with Gasteiger partial charge in [0.25, 0.3) is 0 Å². The van der Waals surface area contributed by atoms with Crippen molar-refractivity contribution in [3.8, 4) is 11.5 Å². The number of benzene rings is 1. The zero-order valence-corrected chi connectivity index (χ0v) is 19.9. The summed E-state index contributed by atoms with van der Waals surface area (Å²) >= 11 is 0. The van der Waals surface area contributed by atoms with Crippen LogP contribution < -0.4 is 20.4 Å². The highest BCUT2D eigenvalue weighted by atomic mass is 16.6. The number of carbonyl (C=O) groups is 2. The third-order valence-corrected chi connectivity index (χ3v) is 8.32. The maximum Gasteiger partial charge on any atom is 0.434 e. The molecule has 192 valence electrons. The van der Waals surface area contributed by atoms with Crippen molar-refractivity contribution in [1.29, 1.82) is 0 Å². The minimum atomic E-state index is -3.11. The molecule has 1 aromatic rings. The van der Waals surface area contributed by atoms with Gasteiger partial charge in [-0.25, -0.2) is 4.79 Å². The van der Waals surface area contributed by atoms with Crippen LogP contribution in [0, 0.1) is 5.92 Å². The van der Waals surface area contributed by atoms with Crippen LogP contribution >= 0.6 is 0 Å². The Hall–Kier alpha value is -2.34. The molecule has 0 unspecified atom stereocenters. The van der Waals surface area contributed by atoms with Gasteiger partial charge in [0.05, 0.1) is 18.8 Å². The summed E-state index contributed by atoms with van der Waals surface area (Å²) in [5.74, 6) is -1.15. The summed E-state index contributed by atoms with van der Waals surface area (Å²) in [5, 5.41) is 34.0. The summed E-state index contributed by atoms with van der Waals surface area (Å²) < 4.78 is 11.4. The van der Waals surface area contributed by atoms with Crippen molar-refractivity contribution in [3.63, 3.8) is 0 Å².